The second-order valence-corrected chi connectivity index (χ2v) is 9.38. The van der Waals surface area contributed by atoms with Crippen molar-refractivity contribution in [1.82, 2.24) is 23.6 Å². The van der Waals surface area contributed by atoms with E-state index in [4.69, 9.17) is 9.72 Å². The minimum atomic E-state index is -0.592. The van der Waals surface area contributed by atoms with Crippen LogP contribution in [0, 0.1) is 0 Å². The summed E-state index contributed by atoms with van der Waals surface area (Å²) in [5.74, 6) is 0.445. The second-order valence-electron chi connectivity index (χ2n) is 9.38. The quantitative estimate of drug-likeness (QED) is 0.338. The molecule has 2 aromatic heterocycles. The van der Waals surface area contributed by atoms with E-state index in [1.54, 1.807) is 40.8 Å². The molecule has 1 aromatic carbocycles. The third-order valence-electron chi connectivity index (χ3n) is 5.83. The standard InChI is InChI=1S/C23H29N7O5/c1-23(2,3)35-22(33)29-12-10-28(11-13-29)20-25-18-17(19(31)27(5)21(32)26(18)4)30(20)16-9-7-6-8-15(16)14-24-34/h6-9,14,34H,10-13H2,1-5H3. The lowest BCUT2D eigenvalue weighted by molar-refractivity contribution is 0.0240. The van der Waals surface area contributed by atoms with Gasteiger partial charge in [-0.1, -0.05) is 23.4 Å². The molecule has 0 unspecified atom stereocenters. The van der Waals surface area contributed by atoms with Gasteiger partial charge in [-0.2, -0.15) is 4.98 Å². The summed E-state index contributed by atoms with van der Waals surface area (Å²) in [6, 6.07) is 7.11. The summed E-state index contributed by atoms with van der Waals surface area (Å²) in [5, 5.41) is 12.3. The first kappa shape index (κ1) is 24.0. The molecule has 4 rings (SSSR count). The molecule has 186 valence electrons. The fraction of sp³-hybridized carbons (Fsp3) is 0.435. The molecule has 1 N–H and O–H groups in total. The highest BCUT2D eigenvalue weighted by Crippen LogP contribution is 2.27. The molecular formula is C23H29N7O5. The van der Waals surface area contributed by atoms with Gasteiger partial charge in [-0.15, -0.1) is 0 Å². The maximum Gasteiger partial charge on any atom is 0.410 e. The molecule has 1 saturated heterocycles. The molecule has 0 atom stereocenters. The van der Waals surface area contributed by atoms with Crippen molar-refractivity contribution in [1.29, 1.82) is 0 Å². The minimum absolute atomic E-state index is 0.220. The molecule has 1 fully saturated rings. The van der Waals surface area contributed by atoms with Gasteiger partial charge >= 0.3 is 11.8 Å². The minimum Gasteiger partial charge on any atom is -0.444 e. The molecule has 12 nitrogen and oxygen atoms in total. The highest BCUT2D eigenvalue weighted by molar-refractivity contribution is 5.88. The number of oxime groups is 1. The number of hydrogen-bond donors (Lipinski definition) is 1. The molecule has 0 saturated carbocycles. The number of fused-ring (bicyclic) bond motifs is 1. The Morgan fingerprint density at radius 3 is 2.37 bits per heavy atom. The van der Waals surface area contributed by atoms with Crippen LogP contribution in [-0.2, 0) is 18.8 Å². The smallest absolute Gasteiger partial charge is 0.410 e. The number of nitrogens with zero attached hydrogens (tertiary/aromatic N) is 7. The maximum absolute atomic E-state index is 13.3. The number of imidazole rings is 1. The summed E-state index contributed by atoms with van der Waals surface area (Å²) >= 11 is 0. The summed E-state index contributed by atoms with van der Waals surface area (Å²) in [7, 11) is 2.98. The van der Waals surface area contributed by atoms with Gasteiger partial charge in [0.1, 0.15) is 5.60 Å². The number of aromatic nitrogens is 4. The van der Waals surface area contributed by atoms with Crippen LogP contribution < -0.4 is 16.1 Å². The molecule has 0 radical (unpaired) electrons. The van der Waals surface area contributed by atoms with Crippen LogP contribution in [0.4, 0.5) is 10.7 Å². The predicted molar refractivity (Wildman–Crippen MR) is 131 cm³/mol. The van der Waals surface area contributed by atoms with Gasteiger partial charge in [-0.25, -0.2) is 9.59 Å². The average Bonchev–Trinajstić information content (AvgIpc) is 3.21. The lowest BCUT2D eigenvalue weighted by Crippen LogP contribution is -2.50. The first-order valence-corrected chi connectivity index (χ1v) is 11.2. The number of para-hydroxylation sites is 1. The van der Waals surface area contributed by atoms with E-state index in [1.165, 1.54) is 17.8 Å². The van der Waals surface area contributed by atoms with Crippen LogP contribution in [0.2, 0.25) is 0 Å². The van der Waals surface area contributed by atoms with Crippen molar-refractivity contribution >= 4 is 29.4 Å². The van der Waals surface area contributed by atoms with Crippen LogP contribution in [0.3, 0.4) is 0 Å². The van der Waals surface area contributed by atoms with Gasteiger partial charge in [0.05, 0.1) is 11.9 Å². The molecule has 1 aliphatic heterocycles. The SMILES string of the molecule is Cn1c(=O)c2c(nc(N3CCN(C(=O)OC(C)(C)C)CC3)n2-c2ccccc2C=NO)n(C)c1=O. The van der Waals surface area contributed by atoms with E-state index in [9.17, 15) is 19.6 Å². The van der Waals surface area contributed by atoms with Crippen molar-refractivity contribution in [2.45, 2.75) is 26.4 Å². The van der Waals surface area contributed by atoms with Gasteiger partial charge in [0, 0.05) is 45.8 Å². The Kier molecular flexibility index (Phi) is 6.14. The number of piperazine rings is 1. The molecule has 0 bridgehead atoms. The van der Waals surface area contributed by atoms with Gasteiger partial charge in [0.2, 0.25) is 5.95 Å². The zero-order valence-corrected chi connectivity index (χ0v) is 20.4. The molecular weight excluding hydrogens is 454 g/mol. The highest BCUT2D eigenvalue weighted by atomic mass is 16.6. The van der Waals surface area contributed by atoms with Gasteiger partial charge in [0.25, 0.3) is 5.56 Å². The van der Waals surface area contributed by atoms with Crippen molar-refractivity contribution in [2.75, 3.05) is 31.1 Å². The Morgan fingerprint density at radius 2 is 1.74 bits per heavy atom. The number of hydrogen-bond acceptors (Lipinski definition) is 8. The first-order chi connectivity index (χ1) is 16.5. The van der Waals surface area contributed by atoms with Crippen molar-refractivity contribution in [3.63, 3.8) is 0 Å². The monoisotopic (exact) mass is 483 g/mol. The fourth-order valence-electron chi connectivity index (χ4n) is 4.10. The Bertz CT molecular complexity index is 1420. The van der Waals surface area contributed by atoms with Crippen LogP contribution in [-0.4, -0.2) is 72.9 Å². The molecule has 3 heterocycles. The van der Waals surface area contributed by atoms with Crippen LogP contribution in [0.15, 0.2) is 39.0 Å². The summed E-state index contributed by atoms with van der Waals surface area (Å²) < 4.78 is 9.53. The van der Waals surface area contributed by atoms with E-state index in [0.29, 0.717) is 43.4 Å². The number of ether oxygens (including phenoxy) is 1. The Hall–Kier alpha value is -4.09. The summed E-state index contributed by atoms with van der Waals surface area (Å²) in [5.41, 5.74) is -0.00246. The second kappa shape index (κ2) is 8.93. The largest absolute Gasteiger partial charge is 0.444 e. The van der Waals surface area contributed by atoms with Gasteiger partial charge < -0.3 is 19.7 Å². The highest BCUT2D eigenvalue weighted by Gasteiger charge is 2.30. The molecule has 3 aromatic rings. The maximum atomic E-state index is 13.3. The first-order valence-electron chi connectivity index (χ1n) is 11.2. The van der Waals surface area contributed by atoms with Crippen LogP contribution in [0.5, 0.6) is 0 Å². The van der Waals surface area contributed by atoms with Crippen LogP contribution in [0.1, 0.15) is 26.3 Å². The van der Waals surface area contributed by atoms with Crippen LogP contribution in [0.25, 0.3) is 16.9 Å². The molecule has 0 aliphatic carbocycles. The lowest BCUT2D eigenvalue weighted by atomic mass is 10.2. The van der Waals surface area contributed by atoms with E-state index in [0.717, 1.165) is 4.57 Å². The van der Waals surface area contributed by atoms with Gasteiger partial charge in [-0.3, -0.25) is 18.5 Å². The van der Waals surface area contributed by atoms with E-state index in [-0.39, 0.29) is 17.3 Å². The number of carbonyl (C=O) groups excluding carboxylic acids is 1. The van der Waals surface area contributed by atoms with Crippen molar-refractivity contribution < 1.29 is 14.7 Å². The number of amides is 1. The number of benzene rings is 1. The van der Waals surface area contributed by atoms with Crippen molar-refractivity contribution in [3.05, 3.63) is 50.7 Å². The fourth-order valence-corrected chi connectivity index (χ4v) is 4.10. The Labute approximate surface area is 201 Å². The van der Waals surface area contributed by atoms with Crippen molar-refractivity contribution in [3.8, 4) is 5.69 Å². The zero-order chi connectivity index (χ0) is 25.5. The van der Waals surface area contributed by atoms with E-state index >= 15 is 0 Å². The van der Waals surface area contributed by atoms with Gasteiger partial charge in [0.15, 0.2) is 11.2 Å². The molecule has 35 heavy (non-hydrogen) atoms. The molecule has 0 spiro atoms. The van der Waals surface area contributed by atoms with E-state index in [1.807, 2.05) is 25.7 Å². The number of anilines is 1. The Morgan fingerprint density at radius 1 is 1.09 bits per heavy atom. The number of carbonyl (C=O) groups is 1. The van der Waals surface area contributed by atoms with E-state index < -0.39 is 16.9 Å². The zero-order valence-electron chi connectivity index (χ0n) is 20.4. The summed E-state index contributed by atoms with van der Waals surface area (Å²) in [6.45, 7) is 7.13. The topological polar surface area (TPSA) is 127 Å². The Balaban J connectivity index is 1.84. The van der Waals surface area contributed by atoms with E-state index in [2.05, 4.69) is 5.16 Å². The number of aryl methyl sites for hydroxylation is 1. The molecule has 1 amide bonds. The van der Waals surface area contributed by atoms with Crippen LogP contribution >= 0.6 is 0 Å². The third kappa shape index (κ3) is 4.38. The molecule has 12 heteroatoms. The number of rotatable bonds is 3. The lowest BCUT2D eigenvalue weighted by Gasteiger charge is -2.36. The summed E-state index contributed by atoms with van der Waals surface area (Å²) in [4.78, 5) is 46.6. The molecule has 1 aliphatic rings. The predicted octanol–water partition coefficient (Wildman–Crippen LogP) is 1.29. The third-order valence-corrected chi connectivity index (χ3v) is 5.83. The normalized spacial score (nSPS) is 14.8. The summed E-state index contributed by atoms with van der Waals surface area (Å²) in [6.07, 6.45) is 0.893. The average molecular weight is 484 g/mol. The van der Waals surface area contributed by atoms with Crippen molar-refractivity contribution in [2.24, 2.45) is 19.3 Å². The van der Waals surface area contributed by atoms with Gasteiger partial charge in [-0.05, 0) is 26.8 Å².